The van der Waals surface area contributed by atoms with Gasteiger partial charge in [0.1, 0.15) is 5.82 Å². The molecule has 0 radical (unpaired) electrons. The second-order valence-corrected chi connectivity index (χ2v) is 6.69. The van der Waals surface area contributed by atoms with E-state index in [-0.39, 0.29) is 5.60 Å². The molecule has 2 aromatic rings. The van der Waals surface area contributed by atoms with Crippen LogP contribution in [0.1, 0.15) is 18.4 Å². The molecule has 0 aromatic carbocycles. The maximum atomic E-state index is 6.28. The first-order valence-electron chi connectivity index (χ1n) is 8.59. The molecular formula is C18H23N5O. The first kappa shape index (κ1) is 15.5. The maximum Gasteiger partial charge on any atom is 0.147 e. The van der Waals surface area contributed by atoms with E-state index in [4.69, 9.17) is 4.74 Å². The molecule has 0 unspecified atom stereocenters. The van der Waals surface area contributed by atoms with Gasteiger partial charge in [-0.3, -0.25) is 14.9 Å². The Bertz CT molecular complexity index is 649. The first-order chi connectivity index (χ1) is 11.8. The molecule has 126 valence electrons. The minimum absolute atomic E-state index is 0.101. The summed E-state index contributed by atoms with van der Waals surface area (Å²) in [5.41, 5.74) is 1.16. The minimum atomic E-state index is -0.101. The molecule has 2 aliphatic heterocycles. The minimum Gasteiger partial charge on any atom is -0.370 e. The lowest BCUT2D eigenvalue weighted by molar-refractivity contribution is -0.116. The summed E-state index contributed by atoms with van der Waals surface area (Å²) in [6.07, 6.45) is 11.3. The zero-order valence-electron chi connectivity index (χ0n) is 13.8. The maximum absolute atomic E-state index is 6.28. The van der Waals surface area contributed by atoms with Crippen LogP contribution < -0.4 is 4.90 Å². The van der Waals surface area contributed by atoms with Crippen molar-refractivity contribution in [1.82, 2.24) is 19.9 Å². The SMILES string of the molecule is c1cncc(CN2CCO[C@]3(CCCN(c4cnccn4)C3)C2)c1. The van der Waals surface area contributed by atoms with Crippen molar-refractivity contribution in [2.24, 2.45) is 0 Å². The van der Waals surface area contributed by atoms with Crippen molar-refractivity contribution >= 4 is 5.82 Å². The van der Waals surface area contributed by atoms with Crippen LogP contribution in [0.25, 0.3) is 0 Å². The van der Waals surface area contributed by atoms with Crippen LogP contribution in [0.3, 0.4) is 0 Å². The highest BCUT2D eigenvalue weighted by Gasteiger charge is 2.40. The third kappa shape index (κ3) is 3.39. The summed E-state index contributed by atoms with van der Waals surface area (Å²) in [4.78, 5) is 17.7. The predicted octanol–water partition coefficient (Wildman–Crippen LogP) is 1.74. The van der Waals surface area contributed by atoms with Crippen molar-refractivity contribution in [3.8, 4) is 0 Å². The van der Waals surface area contributed by atoms with Gasteiger partial charge in [-0.2, -0.15) is 0 Å². The molecule has 24 heavy (non-hydrogen) atoms. The normalized spacial score (nSPS) is 25.1. The van der Waals surface area contributed by atoms with Crippen LogP contribution in [0, 0.1) is 0 Å². The fourth-order valence-electron chi connectivity index (χ4n) is 3.80. The van der Waals surface area contributed by atoms with Crippen molar-refractivity contribution in [3.05, 3.63) is 48.7 Å². The van der Waals surface area contributed by atoms with Crippen molar-refractivity contribution in [1.29, 1.82) is 0 Å². The third-order valence-electron chi connectivity index (χ3n) is 4.87. The highest BCUT2D eigenvalue weighted by molar-refractivity contribution is 5.36. The standard InChI is InChI=1S/C18H23N5O/c1-3-16(11-19-5-1)13-22-9-10-24-18(14-22)4-2-8-23(15-18)17-12-20-6-7-21-17/h1,3,5-7,11-12H,2,4,8-10,13-15H2/t18-/m1/s1. The second kappa shape index (κ2) is 6.83. The molecule has 0 aliphatic carbocycles. The Morgan fingerprint density at radius 1 is 1.08 bits per heavy atom. The first-order valence-corrected chi connectivity index (χ1v) is 8.59. The molecule has 2 saturated heterocycles. The third-order valence-corrected chi connectivity index (χ3v) is 4.87. The van der Waals surface area contributed by atoms with E-state index in [2.05, 4.69) is 30.8 Å². The molecule has 4 rings (SSSR count). The van der Waals surface area contributed by atoms with Crippen LogP contribution in [0.4, 0.5) is 5.82 Å². The van der Waals surface area contributed by atoms with E-state index in [1.54, 1.807) is 12.4 Å². The number of rotatable bonds is 3. The topological polar surface area (TPSA) is 54.4 Å². The molecule has 1 spiro atoms. The Morgan fingerprint density at radius 2 is 2.04 bits per heavy atom. The molecule has 0 amide bonds. The lowest BCUT2D eigenvalue weighted by Gasteiger charge is -2.48. The number of anilines is 1. The summed E-state index contributed by atoms with van der Waals surface area (Å²) in [5.74, 6) is 0.949. The molecule has 1 atom stereocenters. The Hall–Kier alpha value is -2.05. The van der Waals surface area contributed by atoms with E-state index in [0.29, 0.717) is 0 Å². The molecule has 6 nitrogen and oxygen atoms in total. The second-order valence-electron chi connectivity index (χ2n) is 6.69. The number of hydrogen-bond acceptors (Lipinski definition) is 6. The number of nitrogens with zero attached hydrogens (tertiary/aromatic N) is 5. The molecule has 6 heteroatoms. The predicted molar refractivity (Wildman–Crippen MR) is 91.7 cm³/mol. The Kier molecular flexibility index (Phi) is 4.40. The van der Waals surface area contributed by atoms with E-state index >= 15 is 0 Å². The summed E-state index contributed by atoms with van der Waals surface area (Å²) in [6.45, 7) is 5.56. The van der Waals surface area contributed by atoms with Crippen molar-refractivity contribution in [3.63, 3.8) is 0 Å². The summed E-state index contributed by atoms with van der Waals surface area (Å²) >= 11 is 0. The van der Waals surface area contributed by atoms with Gasteiger partial charge in [-0.25, -0.2) is 4.98 Å². The van der Waals surface area contributed by atoms with E-state index in [1.807, 2.05) is 24.7 Å². The van der Waals surface area contributed by atoms with Gasteiger partial charge < -0.3 is 9.64 Å². The number of hydrogen-bond donors (Lipinski definition) is 0. The van der Waals surface area contributed by atoms with E-state index in [1.165, 1.54) is 5.56 Å². The van der Waals surface area contributed by atoms with Gasteiger partial charge in [-0.05, 0) is 24.5 Å². The summed E-state index contributed by atoms with van der Waals surface area (Å²) < 4.78 is 6.28. The highest BCUT2D eigenvalue weighted by Crippen LogP contribution is 2.31. The summed E-state index contributed by atoms with van der Waals surface area (Å²) in [6, 6.07) is 4.14. The van der Waals surface area contributed by atoms with Crippen LogP contribution in [-0.2, 0) is 11.3 Å². The zero-order chi connectivity index (χ0) is 16.2. The molecule has 0 saturated carbocycles. The molecular weight excluding hydrogens is 302 g/mol. The van der Waals surface area contributed by atoms with Crippen LogP contribution in [0.5, 0.6) is 0 Å². The number of ether oxygens (including phenoxy) is 1. The number of morpholine rings is 1. The van der Waals surface area contributed by atoms with Gasteiger partial charge in [0.25, 0.3) is 0 Å². The van der Waals surface area contributed by atoms with Crippen molar-refractivity contribution in [2.75, 3.05) is 37.7 Å². The largest absolute Gasteiger partial charge is 0.370 e. The average molecular weight is 325 g/mol. The van der Waals surface area contributed by atoms with E-state index in [0.717, 1.165) is 58.0 Å². The number of aromatic nitrogens is 3. The quantitative estimate of drug-likeness (QED) is 0.857. The Morgan fingerprint density at radius 3 is 2.88 bits per heavy atom. The van der Waals surface area contributed by atoms with Gasteiger partial charge in [-0.15, -0.1) is 0 Å². The smallest absolute Gasteiger partial charge is 0.147 e. The van der Waals surface area contributed by atoms with E-state index < -0.39 is 0 Å². The fourth-order valence-corrected chi connectivity index (χ4v) is 3.80. The number of pyridine rings is 1. The summed E-state index contributed by atoms with van der Waals surface area (Å²) in [7, 11) is 0. The van der Waals surface area contributed by atoms with Gasteiger partial charge in [0.05, 0.1) is 18.4 Å². The molecule has 4 heterocycles. The van der Waals surface area contributed by atoms with Gasteiger partial charge in [-0.1, -0.05) is 6.07 Å². The molecule has 0 bridgehead atoms. The lowest BCUT2D eigenvalue weighted by atomic mass is 9.90. The average Bonchev–Trinajstić information content (AvgIpc) is 2.63. The zero-order valence-corrected chi connectivity index (χ0v) is 13.8. The number of piperidine rings is 1. The Balaban J connectivity index is 1.45. The molecule has 2 aliphatic rings. The van der Waals surface area contributed by atoms with Crippen LogP contribution >= 0.6 is 0 Å². The highest BCUT2D eigenvalue weighted by atomic mass is 16.5. The van der Waals surface area contributed by atoms with Crippen LogP contribution in [-0.4, -0.2) is 58.2 Å². The molecule has 2 aromatic heterocycles. The Labute approximate surface area is 142 Å². The van der Waals surface area contributed by atoms with Gasteiger partial charge in [0.2, 0.25) is 0 Å². The van der Waals surface area contributed by atoms with Crippen molar-refractivity contribution in [2.45, 2.75) is 25.0 Å². The van der Waals surface area contributed by atoms with E-state index in [9.17, 15) is 0 Å². The summed E-state index contributed by atoms with van der Waals surface area (Å²) in [5, 5.41) is 0. The molecule has 2 fully saturated rings. The van der Waals surface area contributed by atoms with Gasteiger partial charge >= 0.3 is 0 Å². The fraction of sp³-hybridized carbons (Fsp3) is 0.500. The van der Waals surface area contributed by atoms with Crippen LogP contribution in [0.15, 0.2) is 43.1 Å². The monoisotopic (exact) mass is 325 g/mol. The lowest BCUT2D eigenvalue weighted by Crippen LogP contribution is -2.59. The van der Waals surface area contributed by atoms with Crippen LogP contribution in [0.2, 0.25) is 0 Å². The van der Waals surface area contributed by atoms with Crippen molar-refractivity contribution < 1.29 is 4.74 Å². The molecule has 0 N–H and O–H groups in total. The van der Waals surface area contributed by atoms with Gasteiger partial charge in [0.15, 0.2) is 0 Å². The van der Waals surface area contributed by atoms with Gasteiger partial charge in [0, 0.05) is 57.5 Å².